The van der Waals surface area contributed by atoms with Crippen molar-refractivity contribution in [3.8, 4) is 0 Å². The number of halogens is 3. The van der Waals surface area contributed by atoms with E-state index in [0.717, 1.165) is 56.6 Å². The Morgan fingerprint density at radius 2 is 1.03 bits per heavy atom. The summed E-state index contributed by atoms with van der Waals surface area (Å²) in [6, 6.07) is 12.7. The first-order valence-electron chi connectivity index (χ1n) is 10.3. The molecule has 1 nitrogen and oxygen atoms in total. The molecule has 0 amide bonds. The van der Waals surface area contributed by atoms with Gasteiger partial charge in [-0.05, 0) is 87.1 Å². The zero-order chi connectivity index (χ0) is 23.1. The van der Waals surface area contributed by atoms with E-state index in [1.165, 1.54) is 12.1 Å². The molecular weight excluding hydrogens is 397 g/mol. The van der Waals surface area contributed by atoms with E-state index in [1.54, 1.807) is 0 Å². The van der Waals surface area contributed by atoms with Crippen molar-refractivity contribution in [2.75, 3.05) is 0 Å². The molecule has 0 saturated heterocycles. The van der Waals surface area contributed by atoms with E-state index >= 15 is 0 Å². The highest BCUT2D eigenvalue weighted by Gasteiger charge is 2.32. The molecule has 0 unspecified atom stereocenters. The second-order valence-electron chi connectivity index (χ2n) is 8.50. The molecule has 0 aliphatic rings. The monoisotopic (exact) mass is 424 g/mol. The molecule has 0 bridgehead atoms. The number of rotatable bonds is 4. The summed E-state index contributed by atoms with van der Waals surface area (Å²) in [6.07, 6.45) is -4.44. The van der Waals surface area contributed by atoms with Crippen LogP contribution in [0, 0.1) is 41.5 Å². The third kappa shape index (κ3) is 4.58. The minimum absolute atomic E-state index is 0.196. The maximum atomic E-state index is 13.8. The second-order valence-corrected chi connectivity index (χ2v) is 8.50. The van der Waals surface area contributed by atoms with Gasteiger partial charge in [-0.1, -0.05) is 47.5 Å². The van der Waals surface area contributed by atoms with E-state index < -0.39 is 17.7 Å². The maximum Gasteiger partial charge on any atom is 0.416 e. The Bertz CT molecular complexity index is 1030. The zero-order valence-electron chi connectivity index (χ0n) is 18.7. The molecule has 0 aromatic heterocycles. The molecule has 0 atom stereocenters. The first-order valence-corrected chi connectivity index (χ1v) is 10.3. The highest BCUT2D eigenvalue weighted by Crippen LogP contribution is 2.38. The van der Waals surface area contributed by atoms with Gasteiger partial charge in [-0.2, -0.15) is 13.2 Å². The van der Waals surface area contributed by atoms with Crippen LogP contribution in [0.4, 0.5) is 13.2 Å². The number of carbonyl (C=O) groups is 1. The van der Waals surface area contributed by atoms with E-state index in [2.05, 4.69) is 0 Å². The van der Waals surface area contributed by atoms with Gasteiger partial charge in [0.2, 0.25) is 0 Å². The molecule has 162 valence electrons. The second kappa shape index (κ2) is 8.33. The van der Waals surface area contributed by atoms with Gasteiger partial charge < -0.3 is 0 Å². The number of aryl methyl sites for hydroxylation is 6. The molecule has 0 aliphatic carbocycles. The largest absolute Gasteiger partial charge is 0.416 e. The summed E-state index contributed by atoms with van der Waals surface area (Å²) >= 11 is 0. The molecule has 3 rings (SSSR count). The first-order chi connectivity index (χ1) is 14.4. The molecular formula is C27H27F3O. The van der Waals surface area contributed by atoms with Crippen molar-refractivity contribution in [2.45, 2.75) is 53.6 Å². The third-order valence-corrected chi connectivity index (χ3v) is 5.81. The van der Waals surface area contributed by atoms with Gasteiger partial charge in [0.05, 0.1) is 11.5 Å². The fraction of sp³-hybridized carbons (Fsp3) is 0.296. The van der Waals surface area contributed by atoms with Crippen LogP contribution in [0.15, 0.2) is 48.5 Å². The number of hydrogen-bond donors (Lipinski definition) is 0. The van der Waals surface area contributed by atoms with Crippen LogP contribution in [-0.4, -0.2) is 5.78 Å². The number of alkyl halides is 3. The number of hydrogen-bond acceptors (Lipinski definition) is 1. The van der Waals surface area contributed by atoms with E-state index in [4.69, 9.17) is 0 Å². The van der Waals surface area contributed by atoms with E-state index in [1.807, 2.05) is 65.8 Å². The smallest absolute Gasteiger partial charge is 0.293 e. The average molecular weight is 425 g/mol. The summed E-state index contributed by atoms with van der Waals surface area (Å²) in [5.74, 6) is -0.781. The summed E-state index contributed by atoms with van der Waals surface area (Å²) in [4.78, 5) is 13.8. The van der Waals surface area contributed by atoms with Gasteiger partial charge >= 0.3 is 6.18 Å². The molecule has 0 saturated carbocycles. The molecule has 3 aromatic carbocycles. The van der Waals surface area contributed by atoms with Gasteiger partial charge in [-0.25, -0.2) is 0 Å². The summed E-state index contributed by atoms with van der Waals surface area (Å²) in [7, 11) is 0. The lowest BCUT2D eigenvalue weighted by Gasteiger charge is -2.25. The molecule has 31 heavy (non-hydrogen) atoms. The molecule has 0 radical (unpaired) electrons. The molecule has 0 heterocycles. The highest BCUT2D eigenvalue weighted by atomic mass is 19.4. The van der Waals surface area contributed by atoms with Crippen LogP contribution in [0.5, 0.6) is 0 Å². The lowest BCUT2D eigenvalue weighted by atomic mass is 9.77. The van der Waals surface area contributed by atoms with Gasteiger partial charge in [0, 0.05) is 5.56 Å². The number of carbonyl (C=O) groups excluding carboxylic acids is 1. The van der Waals surface area contributed by atoms with E-state index in [9.17, 15) is 18.0 Å². The van der Waals surface area contributed by atoms with Gasteiger partial charge in [-0.3, -0.25) is 4.79 Å². The maximum absolute atomic E-state index is 13.8. The van der Waals surface area contributed by atoms with Crippen molar-refractivity contribution in [1.82, 2.24) is 0 Å². The van der Waals surface area contributed by atoms with Gasteiger partial charge in [0.25, 0.3) is 0 Å². The third-order valence-electron chi connectivity index (χ3n) is 5.81. The van der Waals surface area contributed by atoms with Gasteiger partial charge in [-0.15, -0.1) is 0 Å². The van der Waals surface area contributed by atoms with Crippen molar-refractivity contribution in [3.05, 3.63) is 104 Å². The van der Waals surface area contributed by atoms with E-state index in [-0.39, 0.29) is 11.3 Å². The molecule has 4 heteroatoms. The number of ketones is 1. The lowest BCUT2D eigenvalue weighted by Crippen LogP contribution is -2.20. The van der Waals surface area contributed by atoms with Gasteiger partial charge in [0.15, 0.2) is 5.78 Å². The van der Waals surface area contributed by atoms with Crippen molar-refractivity contribution >= 4 is 5.78 Å². The Balaban J connectivity index is 2.24. The summed E-state index contributed by atoms with van der Waals surface area (Å²) in [6.45, 7) is 12.0. The van der Waals surface area contributed by atoms with Crippen LogP contribution in [0.2, 0.25) is 0 Å². The fourth-order valence-electron chi connectivity index (χ4n) is 4.69. The quantitative estimate of drug-likeness (QED) is 0.395. The van der Waals surface area contributed by atoms with Gasteiger partial charge in [0.1, 0.15) is 0 Å². The fourth-order valence-corrected chi connectivity index (χ4v) is 4.69. The molecule has 0 spiro atoms. The topological polar surface area (TPSA) is 17.1 Å². The molecule has 0 aliphatic heterocycles. The normalized spacial score (nSPS) is 11.8. The Morgan fingerprint density at radius 1 is 0.677 bits per heavy atom. The average Bonchev–Trinajstić information content (AvgIpc) is 2.64. The highest BCUT2D eigenvalue weighted by molar-refractivity contribution is 6.04. The number of benzene rings is 3. The number of Topliss-reactive ketones (excluding diaryl/α,β-unsaturated/α-hetero) is 1. The minimum Gasteiger partial charge on any atom is -0.293 e. The van der Waals surface area contributed by atoms with Crippen LogP contribution in [0.25, 0.3) is 0 Å². The van der Waals surface area contributed by atoms with E-state index in [0.29, 0.717) is 0 Å². The standard InChI is InChI=1S/C27H27F3O/c1-15-11-17(3)23(18(4)12-15)25(24-19(5)13-16(2)14-20(24)6)26(31)21-7-9-22(10-8-21)27(28,29)30/h7-14,25H,1-6H3. The Morgan fingerprint density at radius 3 is 1.35 bits per heavy atom. The molecule has 0 N–H and O–H groups in total. The molecule has 0 fully saturated rings. The van der Waals surface area contributed by atoms with Crippen molar-refractivity contribution < 1.29 is 18.0 Å². The predicted octanol–water partition coefficient (Wildman–Crippen LogP) is 7.57. The summed E-state index contributed by atoms with van der Waals surface area (Å²) in [5, 5.41) is 0. The first kappa shape index (κ1) is 22.8. The Labute approximate surface area is 181 Å². The summed E-state index contributed by atoms with van der Waals surface area (Å²) < 4.78 is 39.0. The Kier molecular flexibility index (Phi) is 6.13. The van der Waals surface area contributed by atoms with Crippen molar-refractivity contribution in [3.63, 3.8) is 0 Å². The van der Waals surface area contributed by atoms with Crippen LogP contribution < -0.4 is 0 Å². The zero-order valence-corrected chi connectivity index (χ0v) is 18.7. The predicted molar refractivity (Wildman–Crippen MR) is 119 cm³/mol. The van der Waals surface area contributed by atoms with Crippen LogP contribution >= 0.6 is 0 Å². The van der Waals surface area contributed by atoms with Crippen LogP contribution in [0.1, 0.15) is 66.3 Å². The molecule has 3 aromatic rings. The van der Waals surface area contributed by atoms with Crippen LogP contribution in [0.3, 0.4) is 0 Å². The lowest BCUT2D eigenvalue weighted by molar-refractivity contribution is -0.137. The summed E-state index contributed by atoms with van der Waals surface area (Å²) in [5.41, 5.74) is 7.58. The van der Waals surface area contributed by atoms with Crippen molar-refractivity contribution in [1.29, 1.82) is 0 Å². The Hall–Kier alpha value is -2.88. The van der Waals surface area contributed by atoms with Crippen LogP contribution in [-0.2, 0) is 6.18 Å². The van der Waals surface area contributed by atoms with Crippen molar-refractivity contribution in [2.24, 2.45) is 0 Å². The minimum atomic E-state index is -4.44. The SMILES string of the molecule is Cc1cc(C)c(C(C(=O)c2ccc(C(F)(F)F)cc2)c2c(C)cc(C)cc2C)c(C)c1.